The molecule has 0 aliphatic carbocycles. The highest BCUT2D eigenvalue weighted by atomic mass is 16.6. The van der Waals surface area contributed by atoms with Crippen LogP contribution in [0.5, 0.6) is 23.0 Å². The number of methoxy groups -OCH3 is 1. The van der Waals surface area contributed by atoms with Gasteiger partial charge in [0.05, 0.1) is 24.3 Å². The molecule has 1 saturated heterocycles. The van der Waals surface area contributed by atoms with Crippen LogP contribution in [0, 0.1) is 5.92 Å². The molecule has 0 radical (unpaired) electrons. The summed E-state index contributed by atoms with van der Waals surface area (Å²) in [4.78, 5) is 27.2. The van der Waals surface area contributed by atoms with Crippen molar-refractivity contribution in [2.45, 2.75) is 52.2 Å². The van der Waals surface area contributed by atoms with E-state index in [1.807, 2.05) is 19.9 Å². The maximum atomic E-state index is 12.4. The summed E-state index contributed by atoms with van der Waals surface area (Å²) in [5, 5.41) is 4.78. The first kappa shape index (κ1) is 25.8. The number of piperidine rings is 1. The Morgan fingerprint density at radius 1 is 1.00 bits per heavy atom. The van der Waals surface area contributed by atoms with Crippen LogP contribution in [-0.4, -0.2) is 48.3 Å². The number of hydrogen-bond donors (Lipinski definition) is 0. The molecule has 5 rings (SSSR count). The van der Waals surface area contributed by atoms with E-state index in [-0.39, 0.29) is 34.7 Å². The van der Waals surface area contributed by atoms with E-state index in [0.29, 0.717) is 23.4 Å². The molecule has 200 valence electrons. The van der Waals surface area contributed by atoms with Gasteiger partial charge >= 0.3 is 11.9 Å². The maximum Gasteiger partial charge on any atom is 0.336 e. The average Bonchev–Trinajstić information content (AvgIpc) is 3.33. The largest absolute Gasteiger partial charge is 0.490 e. The van der Waals surface area contributed by atoms with Gasteiger partial charge in [0.15, 0.2) is 5.75 Å². The molecular formula is C29H32N2O7. The Bertz CT molecular complexity index is 1340. The van der Waals surface area contributed by atoms with Crippen molar-refractivity contribution in [3.05, 3.63) is 53.7 Å². The molecule has 1 fully saturated rings. The highest BCUT2D eigenvalue weighted by Crippen LogP contribution is 2.53. The Morgan fingerprint density at radius 2 is 1.68 bits per heavy atom. The third-order valence-electron chi connectivity index (χ3n) is 6.88. The summed E-state index contributed by atoms with van der Waals surface area (Å²) >= 11 is 0. The predicted molar refractivity (Wildman–Crippen MR) is 139 cm³/mol. The zero-order chi connectivity index (χ0) is 26.6. The predicted octanol–water partition coefficient (Wildman–Crippen LogP) is 4.85. The zero-order valence-corrected chi connectivity index (χ0v) is 21.9. The number of rotatable bonds is 8. The molecule has 9 heteroatoms. The van der Waals surface area contributed by atoms with Gasteiger partial charge in [-0.25, -0.2) is 9.59 Å². The summed E-state index contributed by atoms with van der Waals surface area (Å²) < 4.78 is 28.4. The zero-order valence-electron chi connectivity index (χ0n) is 21.9. The number of carbonyl (C=O) groups is 2. The second-order valence-corrected chi connectivity index (χ2v) is 9.94. The lowest BCUT2D eigenvalue weighted by atomic mass is 9.91. The van der Waals surface area contributed by atoms with E-state index in [4.69, 9.17) is 23.5 Å². The van der Waals surface area contributed by atoms with Gasteiger partial charge in [-0.3, -0.25) is 4.90 Å². The van der Waals surface area contributed by atoms with Crippen LogP contribution in [0.15, 0.2) is 47.0 Å². The Balaban J connectivity index is 1.40. The molecule has 2 aromatic carbocycles. The van der Waals surface area contributed by atoms with E-state index in [2.05, 4.69) is 34.3 Å². The van der Waals surface area contributed by atoms with E-state index in [9.17, 15) is 9.59 Å². The van der Waals surface area contributed by atoms with E-state index in [1.54, 1.807) is 0 Å². The Hall–Kier alpha value is -3.85. The summed E-state index contributed by atoms with van der Waals surface area (Å²) in [6, 6.07) is 10.5. The first-order valence-corrected chi connectivity index (χ1v) is 13.0. The van der Waals surface area contributed by atoms with Gasteiger partial charge in [0.1, 0.15) is 0 Å². The standard InChI is InChI=1S/C29H32N2O7/c1-18(2)35-29-26-24(25-28(27(29)34-3)37-23(33)12-11-22(32)36-25)21(30-38-26)10-9-19-13-15-31(16-14-19)17-20-7-5-4-6-8-20/h4-8,11-12,18-19H,9-10,13-17H2,1-3H3/b12-11+. The molecule has 0 spiro atoms. The summed E-state index contributed by atoms with van der Waals surface area (Å²) in [5.74, 6) is -0.535. The van der Waals surface area contributed by atoms with Crippen LogP contribution < -0.4 is 18.9 Å². The van der Waals surface area contributed by atoms with Crippen molar-refractivity contribution in [3.8, 4) is 23.0 Å². The van der Waals surface area contributed by atoms with Gasteiger partial charge in [0.25, 0.3) is 0 Å². The fraction of sp³-hybridized carbons (Fsp3) is 0.414. The van der Waals surface area contributed by atoms with Crippen molar-refractivity contribution in [1.29, 1.82) is 0 Å². The highest BCUT2D eigenvalue weighted by Gasteiger charge is 2.33. The van der Waals surface area contributed by atoms with Crippen LogP contribution in [-0.2, 0) is 22.6 Å². The number of nitrogens with zero attached hydrogens (tertiary/aromatic N) is 2. The number of fused-ring (bicyclic) bond motifs is 3. The van der Waals surface area contributed by atoms with E-state index < -0.39 is 11.9 Å². The third-order valence-corrected chi connectivity index (χ3v) is 6.88. The average molecular weight is 521 g/mol. The van der Waals surface area contributed by atoms with E-state index in [1.165, 1.54) is 12.7 Å². The van der Waals surface area contributed by atoms with Gasteiger partial charge in [0, 0.05) is 18.7 Å². The lowest BCUT2D eigenvalue weighted by molar-refractivity contribution is -0.133. The first-order chi connectivity index (χ1) is 18.4. The van der Waals surface area contributed by atoms with Gasteiger partial charge in [-0.15, -0.1) is 0 Å². The van der Waals surface area contributed by atoms with Crippen LogP contribution in [0.2, 0.25) is 0 Å². The second kappa shape index (κ2) is 11.3. The van der Waals surface area contributed by atoms with Crippen LogP contribution in [0.3, 0.4) is 0 Å². The van der Waals surface area contributed by atoms with Gasteiger partial charge in [-0.1, -0.05) is 35.5 Å². The molecule has 1 aromatic heterocycles. The van der Waals surface area contributed by atoms with Crippen molar-refractivity contribution in [3.63, 3.8) is 0 Å². The normalized spacial score (nSPS) is 17.5. The minimum Gasteiger partial charge on any atom is -0.490 e. The molecule has 3 heterocycles. The molecule has 2 aliphatic heterocycles. The Morgan fingerprint density at radius 3 is 2.34 bits per heavy atom. The summed E-state index contributed by atoms with van der Waals surface area (Å²) in [5.41, 5.74) is 2.24. The molecule has 0 N–H and O–H groups in total. The van der Waals surface area contributed by atoms with E-state index in [0.717, 1.165) is 51.0 Å². The number of aryl methyl sites for hydroxylation is 1. The van der Waals surface area contributed by atoms with Crippen molar-refractivity contribution in [2.75, 3.05) is 20.2 Å². The topological polar surface area (TPSA) is 100 Å². The van der Waals surface area contributed by atoms with Crippen LogP contribution in [0.1, 0.15) is 44.4 Å². The van der Waals surface area contributed by atoms with Crippen LogP contribution in [0.25, 0.3) is 11.0 Å². The fourth-order valence-electron chi connectivity index (χ4n) is 5.04. The van der Waals surface area contributed by atoms with Crippen molar-refractivity contribution < 1.29 is 33.1 Å². The molecule has 38 heavy (non-hydrogen) atoms. The number of aromatic nitrogens is 1. The van der Waals surface area contributed by atoms with Gasteiger partial charge in [-0.2, -0.15) is 0 Å². The second-order valence-electron chi connectivity index (χ2n) is 9.94. The van der Waals surface area contributed by atoms with Crippen molar-refractivity contribution in [1.82, 2.24) is 10.1 Å². The van der Waals surface area contributed by atoms with E-state index >= 15 is 0 Å². The Kier molecular flexibility index (Phi) is 7.64. The summed E-state index contributed by atoms with van der Waals surface area (Å²) in [6.07, 6.45) is 5.50. The Labute approximate surface area is 221 Å². The minimum atomic E-state index is -0.726. The number of benzene rings is 2. The third kappa shape index (κ3) is 5.52. The summed E-state index contributed by atoms with van der Waals surface area (Å²) in [7, 11) is 1.42. The van der Waals surface area contributed by atoms with Crippen molar-refractivity contribution >= 4 is 22.9 Å². The number of likely N-dealkylation sites (tertiary alicyclic amines) is 1. The van der Waals surface area contributed by atoms with Gasteiger partial charge in [0.2, 0.25) is 22.8 Å². The molecule has 0 unspecified atom stereocenters. The smallest absolute Gasteiger partial charge is 0.336 e. The van der Waals surface area contributed by atoms with Crippen LogP contribution in [0.4, 0.5) is 0 Å². The lowest BCUT2D eigenvalue weighted by Crippen LogP contribution is -2.33. The molecule has 9 nitrogen and oxygen atoms in total. The van der Waals surface area contributed by atoms with Gasteiger partial charge in [-0.05, 0) is 64.1 Å². The number of carbonyl (C=O) groups excluding carboxylic acids is 2. The summed E-state index contributed by atoms with van der Waals surface area (Å²) in [6.45, 7) is 6.76. The molecule has 2 aliphatic rings. The molecule has 0 saturated carbocycles. The van der Waals surface area contributed by atoms with Crippen LogP contribution >= 0.6 is 0 Å². The molecular weight excluding hydrogens is 488 g/mol. The molecule has 0 amide bonds. The fourth-order valence-corrected chi connectivity index (χ4v) is 5.04. The number of hydrogen-bond acceptors (Lipinski definition) is 9. The quantitative estimate of drug-likeness (QED) is 0.305. The monoisotopic (exact) mass is 520 g/mol. The molecule has 3 aromatic rings. The van der Waals surface area contributed by atoms with Gasteiger partial charge < -0.3 is 23.5 Å². The SMILES string of the molecule is COc1c2c(c3c(CCC4CCN(Cc5ccccc5)CC4)noc3c1OC(C)C)OC(=O)/C=C/C(=O)O2. The number of esters is 2. The number of ether oxygens (including phenoxy) is 4. The maximum absolute atomic E-state index is 12.4. The minimum absolute atomic E-state index is 0.0305. The molecule has 0 bridgehead atoms. The first-order valence-electron chi connectivity index (χ1n) is 13.0. The van der Waals surface area contributed by atoms with Crippen molar-refractivity contribution in [2.24, 2.45) is 5.92 Å². The lowest BCUT2D eigenvalue weighted by Gasteiger charge is -2.32. The highest BCUT2D eigenvalue weighted by molar-refractivity contribution is 6.03. The molecule has 0 atom stereocenters.